The van der Waals surface area contributed by atoms with E-state index >= 15 is 0 Å². The number of nitrogens with two attached hydrogens (primary N) is 1. The van der Waals surface area contributed by atoms with E-state index < -0.39 is 10.0 Å². The fourth-order valence-corrected chi connectivity index (χ4v) is 5.77. The summed E-state index contributed by atoms with van der Waals surface area (Å²) < 4.78 is 28.5. The maximum absolute atomic E-state index is 11.5. The molecule has 7 heteroatoms. The number of primary sulfonamides is 1. The first-order valence-electron chi connectivity index (χ1n) is 9.55. The Morgan fingerprint density at radius 2 is 1.86 bits per heavy atom. The van der Waals surface area contributed by atoms with Gasteiger partial charge in [0.15, 0.2) is 0 Å². The molecule has 5 nitrogen and oxygen atoms in total. The van der Waals surface area contributed by atoms with Crippen LogP contribution in [0.1, 0.15) is 37.2 Å². The van der Waals surface area contributed by atoms with E-state index in [0.717, 1.165) is 18.0 Å². The Balaban J connectivity index is 1.54. The van der Waals surface area contributed by atoms with E-state index in [1.165, 1.54) is 31.2 Å². The number of methoxy groups -OCH3 is 1. The van der Waals surface area contributed by atoms with Crippen LogP contribution in [0.2, 0.25) is 5.02 Å². The first-order valence-corrected chi connectivity index (χ1v) is 11.5. The number of sulfonamides is 1. The molecule has 0 aliphatic heterocycles. The highest BCUT2D eigenvalue weighted by molar-refractivity contribution is 7.89. The lowest BCUT2D eigenvalue weighted by Gasteiger charge is -2.13. The largest absolute Gasteiger partial charge is 0.495 e. The Morgan fingerprint density at radius 1 is 1.18 bits per heavy atom. The van der Waals surface area contributed by atoms with E-state index in [9.17, 15) is 8.42 Å². The van der Waals surface area contributed by atoms with Crippen LogP contribution in [0.4, 0.5) is 5.69 Å². The Morgan fingerprint density at radius 3 is 2.46 bits per heavy atom. The van der Waals surface area contributed by atoms with Gasteiger partial charge in [-0.2, -0.15) is 0 Å². The van der Waals surface area contributed by atoms with Crippen molar-refractivity contribution < 1.29 is 13.2 Å². The summed E-state index contributed by atoms with van der Waals surface area (Å²) in [6.07, 6.45) is 4.94. The quantitative estimate of drug-likeness (QED) is 0.726. The minimum Gasteiger partial charge on any atom is -0.495 e. The summed E-state index contributed by atoms with van der Waals surface area (Å²) in [7, 11) is -2.01. The Bertz CT molecular complexity index is 970. The van der Waals surface area contributed by atoms with Crippen LogP contribution < -0.4 is 15.2 Å². The summed E-state index contributed by atoms with van der Waals surface area (Å²) in [5, 5.41) is 9.43. The third-order valence-corrected chi connectivity index (χ3v) is 7.59. The molecular formula is C21H25ClN2O3S. The summed E-state index contributed by atoms with van der Waals surface area (Å²) in [6, 6.07) is 12.7. The molecular weight excluding hydrogens is 396 g/mol. The number of rotatable bonds is 6. The topological polar surface area (TPSA) is 81.4 Å². The third-order valence-electron chi connectivity index (χ3n) is 6.43. The monoisotopic (exact) mass is 420 g/mol. The highest BCUT2D eigenvalue weighted by Gasteiger charge is 2.64. The fraction of sp³-hybridized carbons (Fsp3) is 0.429. The number of nitrogens with one attached hydrogen (secondary N) is 1. The van der Waals surface area contributed by atoms with Crippen molar-refractivity contribution in [1.82, 2.24) is 0 Å². The van der Waals surface area contributed by atoms with Gasteiger partial charge < -0.3 is 10.1 Å². The lowest BCUT2D eigenvalue weighted by Crippen LogP contribution is -2.11. The molecule has 3 N–H and O–H groups in total. The van der Waals surface area contributed by atoms with E-state index in [4.69, 9.17) is 21.5 Å². The van der Waals surface area contributed by atoms with E-state index in [1.54, 1.807) is 19.2 Å². The molecule has 0 heterocycles. The zero-order valence-corrected chi connectivity index (χ0v) is 17.4. The van der Waals surface area contributed by atoms with Gasteiger partial charge in [0, 0.05) is 11.6 Å². The maximum Gasteiger partial charge on any atom is 0.238 e. The number of halogens is 1. The maximum atomic E-state index is 11.5. The van der Waals surface area contributed by atoms with Gasteiger partial charge in [0.2, 0.25) is 10.0 Å². The van der Waals surface area contributed by atoms with Crippen LogP contribution in [0.5, 0.6) is 5.75 Å². The summed E-state index contributed by atoms with van der Waals surface area (Å²) in [4.78, 5) is 0.163. The Labute approximate surface area is 171 Å². The molecule has 2 aliphatic rings. The zero-order chi connectivity index (χ0) is 19.9. The van der Waals surface area contributed by atoms with E-state index in [1.807, 2.05) is 30.3 Å². The number of hydrogen-bond acceptors (Lipinski definition) is 4. The van der Waals surface area contributed by atoms with Crippen molar-refractivity contribution in [2.45, 2.75) is 36.5 Å². The van der Waals surface area contributed by atoms with Crippen molar-refractivity contribution in [1.29, 1.82) is 0 Å². The van der Waals surface area contributed by atoms with Crippen LogP contribution in [-0.2, 0) is 10.0 Å². The second kappa shape index (κ2) is 7.25. The lowest BCUT2D eigenvalue weighted by molar-refractivity contribution is 0.416. The summed E-state index contributed by atoms with van der Waals surface area (Å²) in [5.41, 5.74) is 2.40. The number of anilines is 1. The van der Waals surface area contributed by atoms with Crippen molar-refractivity contribution in [2.24, 2.45) is 16.5 Å². The van der Waals surface area contributed by atoms with Gasteiger partial charge in [-0.25, -0.2) is 13.6 Å². The predicted octanol–water partition coefficient (Wildman–Crippen LogP) is 4.38. The zero-order valence-electron chi connectivity index (χ0n) is 15.8. The highest BCUT2D eigenvalue weighted by Crippen LogP contribution is 2.72. The first-order chi connectivity index (χ1) is 13.3. The van der Waals surface area contributed by atoms with Crippen LogP contribution in [0, 0.1) is 11.3 Å². The molecule has 2 unspecified atom stereocenters. The molecule has 2 atom stereocenters. The van der Waals surface area contributed by atoms with Gasteiger partial charge in [-0.05, 0) is 66.0 Å². The molecule has 2 aromatic rings. The molecule has 2 fully saturated rings. The molecule has 28 heavy (non-hydrogen) atoms. The van der Waals surface area contributed by atoms with Gasteiger partial charge in [-0.3, -0.25) is 0 Å². The highest BCUT2D eigenvalue weighted by atomic mass is 35.5. The molecule has 0 saturated heterocycles. The van der Waals surface area contributed by atoms with Crippen LogP contribution in [0.15, 0.2) is 47.4 Å². The smallest absolute Gasteiger partial charge is 0.238 e. The number of ether oxygens (including phenoxy) is 1. The molecule has 2 saturated carbocycles. The summed E-state index contributed by atoms with van der Waals surface area (Å²) >= 11 is 6.15. The molecule has 2 aliphatic carbocycles. The van der Waals surface area contributed by atoms with Crippen molar-refractivity contribution in [3.8, 4) is 5.75 Å². The second-order valence-corrected chi connectivity index (χ2v) is 9.86. The molecule has 0 aromatic heterocycles. The summed E-state index contributed by atoms with van der Waals surface area (Å²) in [5.74, 6) is 1.71. The predicted molar refractivity (Wildman–Crippen MR) is 111 cm³/mol. The SMILES string of the molecule is COc1ccc(Cl)cc1NCC1C(c2ccc(S(N)(=O)=O)cc2)C12CCCC2. The van der Waals surface area contributed by atoms with Crippen molar-refractivity contribution in [3.63, 3.8) is 0 Å². The lowest BCUT2D eigenvalue weighted by atomic mass is 9.97. The molecule has 2 aromatic carbocycles. The summed E-state index contributed by atoms with van der Waals surface area (Å²) in [6.45, 7) is 0.832. The van der Waals surface area contributed by atoms with Crippen molar-refractivity contribution in [2.75, 3.05) is 19.0 Å². The standard InChI is InChI=1S/C21H25ClN2O3S/c1-27-19-9-6-15(22)12-18(19)24-13-17-20(21(17)10-2-3-11-21)14-4-7-16(8-5-14)28(23,25)26/h4-9,12,17,20,24H,2-3,10-11,13H2,1H3,(H2,23,25,26). The van der Waals surface area contributed by atoms with Crippen LogP contribution in [-0.4, -0.2) is 22.1 Å². The second-order valence-electron chi connectivity index (χ2n) is 7.86. The molecule has 0 bridgehead atoms. The van der Waals surface area contributed by atoms with Gasteiger partial charge in [-0.1, -0.05) is 36.6 Å². The fourth-order valence-electron chi connectivity index (χ4n) is 5.08. The average molecular weight is 421 g/mol. The molecule has 0 radical (unpaired) electrons. The van der Waals surface area contributed by atoms with Crippen molar-refractivity contribution >= 4 is 27.3 Å². The Hall–Kier alpha value is -1.76. The van der Waals surface area contributed by atoms with Gasteiger partial charge in [0.05, 0.1) is 17.7 Å². The molecule has 4 rings (SSSR count). The van der Waals surface area contributed by atoms with Crippen LogP contribution in [0.25, 0.3) is 0 Å². The van der Waals surface area contributed by atoms with Gasteiger partial charge in [-0.15, -0.1) is 0 Å². The average Bonchev–Trinajstić information content (AvgIpc) is 3.00. The molecule has 0 amide bonds. The third kappa shape index (κ3) is 3.49. The molecule has 1 spiro atoms. The van der Waals surface area contributed by atoms with E-state index in [0.29, 0.717) is 22.3 Å². The minimum absolute atomic E-state index is 0.163. The van der Waals surface area contributed by atoms with Gasteiger partial charge in [0.1, 0.15) is 5.75 Å². The van der Waals surface area contributed by atoms with E-state index in [2.05, 4.69) is 5.32 Å². The first kappa shape index (κ1) is 19.6. The normalized spacial score (nSPS) is 23.0. The molecule has 150 valence electrons. The minimum atomic E-state index is -3.66. The Kier molecular flexibility index (Phi) is 5.06. The van der Waals surface area contributed by atoms with Crippen LogP contribution in [0.3, 0.4) is 0 Å². The number of hydrogen-bond donors (Lipinski definition) is 2. The van der Waals surface area contributed by atoms with Crippen molar-refractivity contribution in [3.05, 3.63) is 53.1 Å². The van der Waals surface area contributed by atoms with Crippen LogP contribution >= 0.6 is 11.6 Å². The van der Waals surface area contributed by atoms with Gasteiger partial charge >= 0.3 is 0 Å². The van der Waals surface area contributed by atoms with Gasteiger partial charge in [0.25, 0.3) is 0 Å². The number of benzene rings is 2. The van der Waals surface area contributed by atoms with E-state index in [-0.39, 0.29) is 4.90 Å².